The predicted molar refractivity (Wildman–Crippen MR) is 70.4 cm³/mol. The maximum absolute atomic E-state index is 13.6. The second kappa shape index (κ2) is 5.02. The highest BCUT2D eigenvalue weighted by Crippen LogP contribution is 2.44. The third-order valence-electron chi connectivity index (χ3n) is 3.66. The molecule has 1 heterocycles. The van der Waals surface area contributed by atoms with Crippen LogP contribution in [0.25, 0.3) is 0 Å². The number of anilines is 1. The van der Waals surface area contributed by atoms with Crippen LogP contribution in [0, 0.1) is 11.2 Å². The second-order valence-corrected chi connectivity index (χ2v) is 5.62. The van der Waals surface area contributed by atoms with Crippen LogP contribution in [0.2, 0.25) is 5.02 Å². The van der Waals surface area contributed by atoms with Crippen LogP contribution in [-0.2, 0) is 4.74 Å². The van der Waals surface area contributed by atoms with E-state index in [1.165, 1.54) is 12.3 Å². The van der Waals surface area contributed by atoms with E-state index in [2.05, 4.69) is 24.1 Å². The van der Waals surface area contributed by atoms with Gasteiger partial charge in [0, 0.05) is 24.3 Å². The molecule has 0 radical (unpaired) electrons. The Labute approximate surface area is 112 Å². The van der Waals surface area contributed by atoms with Crippen molar-refractivity contribution in [2.75, 3.05) is 11.9 Å². The normalized spacial score (nSPS) is 25.6. The lowest BCUT2D eigenvalue weighted by Gasteiger charge is -2.51. The molecule has 2 atom stereocenters. The number of halogens is 2. The first-order chi connectivity index (χ1) is 8.45. The quantitative estimate of drug-likeness (QED) is 0.911. The summed E-state index contributed by atoms with van der Waals surface area (Å²) in [5.41, 5.74) is -0.0240. The average Bonchev–Trinajstić information content (AvgIpc) is 2.30. The van der Waals surface area contributed by atoms with Crippen LogP contribution in [0.3, 0.4) is 0 Å². The van der Waals surface area contributed by atoms with Crippen molar-refractivity contribution in [1.29, 1.82) is 0 Å². The lowest BCUT2D eigenvalue weighted by molar-refractivity contribution is -0.0977. The van der Waals surface area contributed by atoms with E-state index in [0.29, 0.717) is 11.6 Å². The Hall–Kier alpha value is -0.870. The molecule has 1 aliphatic rings. The monoisotopic (exact) mass is 272 g/mol. The van der Waals surface area contributed by atoms with Crippen LogP contribution in [0.4, 0.5) is 10.2 Å². The lowest BCUT2D eigenvalue weighted by Crippen LogP contribution is -2.58. The SMILES string of the molecule is CCOC1CC(Nc2ncc(Cl)cc2F)C1(C)C. The number of hydrogen-bond donors (Lipinski definition) is 1. The molecule has 0 bridgehead atoms. The number of aromatic nitrogens is 1. The Morgan fingerprint density at radius 1 is 1.61 bits per heavy atom. The molecule has 1 N–H and O–H groups in total. The van der Waals surface area contributed by atoms with Crippen LogP contribution in [-0.4, -0.2) is 23.7 Å². The molecule has 3 nitrogen and oxygen atoms in total. The van der Waals surface area contributed by atoms with Gasteiger partial charge in [0.25, 0.3) is 0 Å². The fourth-order valence-electron chi connectivity index (χ4n) is 2.30. The van der Waals surface area contributed by atoms with E-state index >= 15 is 0 Å². The van der Waals surface area contributed by atoms with Gasteiger partial charge in [-0.1, -0.05) is 25.4 Å². The molecule has 0 aliphatic heterocycles. The zero-order chi connectivity index (χ0) is 13.3. The number of nitrogens with one attached hydrogen (secondary N) is 1. The van der Waals surface area contributed by atoms with Gasteiger partial charge in [0.2, 0.25) is 0 Å². The van der Waals surface area contributed by atoms with Crippen molar-refractivity contribution in [2.24, 2.45) is 5.41 Å². The third kappa shape index (κ3) is 2.45. The highest BCUT2D eigenvalue weighted by Gasteiger charge is 2.49. The fraction of sp³-hybridized carbons (Fsp3) is 0.615. The first kappa shape index (κ1) is 13.6. The average molecular weight is 273 g/mol. The van der Waals surface area contributed by atoms with Gasteiger partial charge >= 0.3 is 0 Å². The van der Waals surface area contributed by atoms with E-state index in [1.54, 1.807) is 0 Å². The topological polar surface area (TPSA) is 34.1 Å². The van der Waals surface area contributed by atoms with Gasteiger partial charge in [0.15, 0.2) is 11.6 Å². The van der Waals surface area contributed by atoms with Crippen LogP contribution in [0.5, 0.6) is 0 Å². The molecular formula is C13H18ClFN2O. The maximum atomic E-state index is 13.6. The van der Waals surface area contributed by atoms with Gasteiger partial charge in [-0.3, -0.25) is 0 Å². The van der Waals surface area contributed by atoms with Crippen LogP contribution in [0.15, 0.2) is 12.3 Å². The van der Waals surface area contributed by atoms with E-state index < -0.39 is 5.82 Å². The van der Waals surface area contributed by atoms with E-state index in [0.717, 1.165) is 6.42 Å². The predicted octanol–water partition coefficient (Wildman–Crippen LogP) is 3.49. The molecule has 18 heavy (non-hydrogen) atoms. The number of pyridine rings is 1. The van der Waals surface area contributed by atoms with E-state index in [4.69, 9.17) is 16.3 Å². The summed E-state index contributed by atoms with van der Waals surface area (Å²) in [5, 5.41) is 3.43. The molecule has 1 aromatic heterocycles. The third-order valence-corrected chi connectivity index (χ3v) is 3.87. The molecular weight excluding hydrogens is 255 g/mol. The van der Waals surface area contributed by atoms with Gasteiger partial charge in [0.1, 0.15) is 0 Å². The van der Waals surface area contributed by atoms with Crippen molar-refractivity contribution in [3.05, 3.63) is 23.1 Å². The summed E-state index contributed by atoms with van der Waals surface area (Å²) in [5.74, 6) is -0.161. The van der Waals surface area contributed by atoms with Gasteiger partial charge in [-0.15, -0.1) is 0 Å². The van der Waals surface area contributed by atoms with E-state index in [9.17, 15) is 4.39 Å². The molecule has 100 valence electrons. The van der Waals surface area contributed by atoms with Crippen molar-refractivity contribution in [3.8, 4) is 0 Å². The number of ether oxygens (including phenoxy) is 1. The molecule has 1 aliphatic carbocycles. The summed E-state index contributed by atoms with van der Waals surface area (Å²) in [7, 11) is 0. The van der Waals surface area contributed by atoms with Gasteiger partial charge in [-0.2, -0.15) is 0 Å². The summed E-state index contributed by atoms with van der Waals surface area (Å²) in [4.78, 5) is 3.98. The zero-order valence-electron chi connectivity index (χ0n) is 10.8. The minimum atomic E-state index is -0.418. The first-order valence-electron chi connectivity index (χ1n) is 6.14. The summed E-state index contributed by atoms with van der Waals surface area (Å²) >= 11 is 5.67. The second-order valence-electron chi connectivity index (χ2n) is 5.18. The van der Waals surface area contributed by atoms with Crippen molar-refractivity contribution in [2.45, 2.75) is 39.3 Å². The molecule has 0 aromatic carbocycles. The minimum absolute atomic E-state index is 0.0240. The summed E-state index contributed by atoms with van der Waals surface area (Å²) in [6.45, 7) is 6.91. The summed E-state index contributed by atoms with van der Waals surface area (Å²) in [6, 6.07) is 1.43. The molecule has 2 rings (SSSR count). The maximum Gasteiger partial charge on any atom is 0.166 e. The number of nitrogens with zero attached hydrogens (tertiary/aromatic N) is 1. The Morgan fingerprint density at radius 3 is 2.89 bits per heavy atom. The molecule has 1 aromatic rings. The smallest absolute Gasteiger partial charge is 0.166 e. The van der Waals surface area contributed by atoms with Crippen LogP contribution in [0.1, 0.15) is 27.2 Å². The van der Waals surface area contributed by atoms with Crippen molar-refractivity contribution >= 4 is 17.4 Å². The van der Waals surface area contributed by atoms with Crippen LogP contribution >= 0.6 is 11.6 Å². The minimum Gasteiger partial charge on any atom is -0.378 e. The van der Waals surface area contributed by atoms with Gasteiger partial charge in [-0.25, -0.2) is 9.37 Å². The molecule has 1 fully saturated rings. The molecule has 0 saturated heterocycles. The van der Waals surface area contributed by atoms with Gasteiger partial charge in [-0.05, 0) is 19.4 Å². The molecule has 5 heteroatoms. The van der Waals surface area contributed by atoms with E-state index in [-0.39, 0.29) is 23.4 Å². The van der Waals surface area contributed by atoms with E-state index in [1.807, 2.05) is 6.92 Å². The zero-order valence-corrected chi connectivity index (χ0v) is 11.6. The fourth-order valence-corrected chi connectivity index (χ4v) is 2.44. The van der Waals surface area contributed by atoms with Crippen molar-refractivity contribution in [3.63, 3.8) is 0 Å². The number of rotatable bonds is 4. The van der Waals surface area contributed by atoms with Crippen molar-refractivity contribution in [1.82, 2.24) is 4.98 Å². The summed E-state index contributed by atoms with van der Waals surface area (Å²) < 4.78 is 19.3. The molecule has 0 spiro atoms. The van der Waals surface area contributed by atoms with Gasteiger partial charge in [0.05, 0.1) is 11.1 Å². The Morgan fingerprint density at radius 2 is 2.33 bits per heavy atom. The Kier molecular flexibility index (Phi) is 3.78. The van der Waals surface area contributed by atoms with Crippen molar-refractivity contribution < 1.29 is 9.13 Å². The summed E-state index contributed by atoms with van der Waals surface area (Å²) in [6.07, 6.45) is 2.53. The Balaban J connectivity index is 2.03. The Bertz CT molecular complexity index is 439. The number of hydrogen-bond acceptors (Lipinski definition) is 3. The lowest BCUT2D eigenvalue weighted by atomic mass is 9.64. The first-order valence-corrected chi connectivity index (χ1v) is 6.52. The molecule has 2 unspecified atom stereocenters. The highest BCUT2D eigenvalue weighted by atomic mass is 35.5. The van der Waals surface area contributed by atoms with Gasteiger partial charge < -0.3 is 10.1 Å². The molecule has 0 amide bonds. The molecule has 1 saturated carbocycles. The standard InChI is InChI=1S/C13H18ClFN2O/c1-4-18-11-6-10(13(11,2)3)17-12-9(15)5-8(14)7-16-12/h5,7,10-11H,4,6H2,1-3H3,(H,16,17). The largest absolute Gasteiger partial charge is 0.378 e. The van der Waals surface area contributed by atoms with Crippen LogP contribution < -0.4 is 5.32 Å². The highest BCUT2D eigenvalue weighted by molar-refractivity contribution is 6.30.